The maximum atomic E-state index is 12.3. The summed E-state index contributed by atoms with van der Waals surface area (Å²) in [5.74, 6) is 0.755. The van der Waals surface area contributed by atoms with Gasteiger partial charge in [0.25, 0.3) is 5.56 Å². The lowest BCUT2D eigenvalue weighted by Gasteiger charge is -2.31. The van der Waals surface area contributed by atoms with E-state index in [2.05, 4.69) is 21.8 Å². The molecule has 0 bridgehead atoms. The molecule has 0 aliphatic carbocycles. The van der Waals surface area contributed by atoms with Crippen LogP contribution in [0, 0.1) is 13.8 Å². The van der Waals surface area contributed by atoms with Gasteiger partial charge in [0.15, 0.2) is 0 Å². The minimum Gasteiger partial charge on any atom is -0.379 e. The normalized spacial score (nSPS) is 18.6. The number of H-pyrrole nitrogens is 1. The molecule has 1 atom stereocenters. The van der Waals surface area contributed by atoms with Crippen LogP contribution in [-0.4, -0.2) is 41.2 Å². The molecular weight excluding hydrogens is 274 g/mol. The van der Waals surface area contributed by atoms with Crippen molar-refractivity contribution in [3.8, 4) is 0 Å². The van der Waals surface area contributed by atoms with Crippen LogP contribution >= 0.6 is 11.3 Å². The lowest BCUT2D eigenvalue weighted by atomic mass is 10.2. The van der Waals surface area contributed by atoms with Gasteiger partial charge < -0.3 is 9.72 Å². The third-order valence-corrected chi connectivity index (χ3v) is 5.15. The topological polar surface area (TPSA) is 58.2 Å². The van der Waals surface area contributed by atoms with E-state index in [-0.39, 0.29) is 11.6 Å². The number of nitrogens with zero attached hydrogens (tertiary/aromatic N) is 2. The molecule has 0 saturated carbocycles. The average Bonchev–Trinajstić information content (AvgIpc) is 2.74. The van der Waals surface area contributed by atoms with E-state index in [1.807, 2.05) is 13.8 Å². The fraction of sp³-hybridized carbons (Fsp3) is 0.571. The molecule has 1 fully saturated rings. The van der Waals surface area contributed by atoms with Gasteiger partial charge >= 0.3 is 0 Å². The zero-order valence-corrected chi connectivity index (χ0v) is 12.8. The van der Waals surface area contributed by atoms with E-state index < -0.39 is 0 Å². The Kier molecular flexibility index (Phi) is 3.62. The van der Waals surface area contributed by atoms with Crippen LogP contribution in [0.4, 0.5) is 0 Å². The minimum atomic E-state index is -0.0213. The van der Waals surface area contributed by atoms with Crippen LogP contribution in [0.25, 0.3) is 10.2 Å². The van der Waals surface area contributed by atoms with Crippen LogP contribution < -0.4 is 5.56 Å². The van der Waals surface area contributed by atoms with Gasteiger partial charge in [-0.2, -0.15) is 0 Å². The SMILES string of the molecule is Cc1sc2nc([C@@H](C)N3CCOCC3)[nH]c(=O)c2c1C. The summed E-state index contributed by atoms with van der Waals surface area (Å²) < 4.78 is 5.37. The van der Waals surface area contributed by atoms with Crippen LogP contribution in [0.5, 0.6) is 0 Å². The first-order chi connectivity index (χ1) is 9.58. The molecule has 0 radical (unpaired) electrons. The van der Waals surface area contributed by atoms with E-state index in [1.165, 1.54) is 0 Å². The van der Waals surface area contributed by atoms with Crippen molar-refractivity contribution in [2.45, 2.75) is 26.8 Å². The summed E-state index contributed by atoms with van der Waals surface area (Å²) >= 11 is 1.60. The van der Waals surface area contributed by atoms with Crippen molar-refractivity contribution in [2.24, 2.45) is 0 Å². The zero-order valence-electron chi connectivity index (χ0n) is 12.0. The second-order valence-corrected chi connectivity index (χ2v) is 6.44. The molecule has 3 heterocycles. The van der Waals surface area contributed by atoms with Crippen LogP contribution in [-0.2, 0) is 4.74 Å². The van der Waals surface area contributed by atoms with Crippen molar-refractivity contribution in [1.82, 2.24) is 14.9 Å². The third kappa shape index (κ3) is 2.28. The van der Waals surface area contributed by atoms with Crippen molar-refractivity contribution in [3.05, 3.63) is 26.6 Å². The first kappa shape index (κ1) is 13.7. The highest BCUT2D eigenvalue weighted by Gasteiger charge is 2.22. The Morgan fingerprint density at radius 3 is 2.75 bits per heavy atom. The fourth-order valence-electron chi connectivity index (χ4n) is 2.61. The number of aromatic amines is 1. The van der Waals surface area contributed by atoms with Gasteiger partial charge in [0.1, 0.15) is 10.7 Å². The molecular formula is C14H19N3O2S. The Labute approximate surface area is 121 Å². The number of fused-ring (bicyclic) bond motifs is 1. The van der Waals surface area contributed by atoms with Crippen molar-refractivity contribution in [1.29, 1.82) is 0 Å². The summed E-state index contributed by atoms with van der Waals surface area (Å²) in [5, 5.41) is 0.741. The molecule has 0 aromatic carbocycles. The van der Waals surface area contributed by atoms with E-state index in [1.54, 1.807) is 11.3 Å². The Morgan fingerprint density at radius 2 is 2.05 bits per heavy atom. The number of hydrogen-bond acceptors (Lipinski definition) is 5. The molecule has 1 N–H and O–H groups in total. The van der Waals surface area contributed by atoms with Crippen molar-refractivity contribution in [3.63, 3.8) is 0 Å². The molecule has 6 heteroatoms. The highest BCUT2D eigenvalue weighted by atomic mass is 32.1. The Balaban J connectivity index is 2.01. The standard InChI is InChI=1S/C14H19N3O2S/c1-8-10(3)20-14-11(8)13(18)15-12(16-14)9(2)17-4-6-19-7-5-17/h9H,4-7H2,1-3H3,(H,15,16,18)/t9-/m1/s1. The molecule has 20 heavy (non-hydrogen) atoms. The lowest BCUT2D eigenvalue weighted by molar-refractivity contribution is 0.0182. The molecule has 0 amide bonds. The molecule has 0 unspecified atom stereocenters. The molecule has 2 aromatic rings. The number of morpholine rings is 1. The maximum Gasteiger partial charge on any atom is 0.259 e. The summed E-state index contributed by atoms with van der Waals surface area (Å²) in [4.78, 5) is 24.2. The summed E-state index contributed by atoms with van der Waals surface area (Å²) in [6.45, 7) is 9.35. The fourth-order valence-corrected chi connectivity index (χ4v) is 3.64. The summed E-state index contributed by atoms with van der Waals surface area (Å²) in [6.07, 6.45) is 0. The van der Waals surface area contributed by atoms with E-state index in [4.69, 9.17) is 4.74 Å². The van der Waals surface area contributed by atoms with Crippen LogP contribution in [0.1, 0.15) is 29.2 Å². The van der Waals surface area contributed by atoms with Gasteiger partial charge in [0.2, 0.25) is 0 Å². The Hall–Kier alpha value is -1.24. The monoisotopic (exact) mass is 293 g/mol. The Bertz CT molecular complexity index is 686. The molecule has 1 saturated heterocycles. The molecule has 1 aliphatic rings. The predicted molar refractivity (Wildman–Crippen MR) is 80.5 cm³/mol. The van der Waals surface area contributed by atoms with Crippen LogP contribution in [0.3, 0.4) is 0 Å². The van der Waals surface area contributed by atoms with Gasteiger partial charge in [-0.15, -0.1) is 11.3 Å². The van der Waals surface area contributed by atoms with Crippen molar-refractivity contribution < 1.29 is 4.74 Å². The number of ether oxygens (including phenoxy) is 1. The molecule has 2 aromatic heterocycles. The largest absolute Gasteiger partial charge is 0.379 e. The Morgan fingerprint density at radius 1 is 1.35 bits per heavy atom. The second-order valence-electron chi connectivity index (χ2n) is 5.24. The zero-order chi connectivity index (χ0) is 14.3. The van der Waals surface area contributed by atoms with E-state index in [0.29, 0.717) is 0 Å². The van der Waals surface area contributed by atoms with E-state index in [9.17, 15) is 4.79 Å². The first-order valence-electron chi connectivity index (χ1n) is 6.89. The van der Waals surface area contributed by atoms with E-state index in [0.717, 1.165) is 52.8 Å². The molecule has 108 valence electrons. The van der Waals surface area contributed by atoms with Gasteiger partial charge in [-0.3, -0.25) is 9.69 Å². The van der Waals surface area contributed by atoms with Crippen LogP contribution in [0.15, 0.2) is 4.79 Å². The molecule has 5 nitrogen and oxygen atoms in total. The lowest BCUT2D eigenvalue weighted by Crippen LogP contribution is -2.39. The quantitative estimate of drug-likeness (QED) is 0.920. The van der Waals surface area contributed by atoms with Gasteiger partial charge in [0.05, 0.1) is 24.6 Å². The van der Waals surface area contributed by atoms with Crippen LogP contribution in [0.2, 0.25) is 0 Å². The average molecular weight is 293 g/mol. The van der Waals surface area contributed by atoms with Gasteiger partial charge in [-0.05, 0) is 26.3 Å². The first-order valence-corrected chi connectivity index (χ1v) is 7.71. The highest BCUT2D eigenvalue weighted by Crippen LogP contribution is 2.27. The van der Waals surface area contributed by atoms with Crippen molar-refractivity contribution in [2.75, 3.05) is 26.3 Å². The number of rotatable bonds is 2. The molecule has 0 spiro atoms. The number of aromatic nitrogens is 2. The van der Waals surface area contributed by atoms with Crippen molar-refractivity contribution >= 4 is 21.6 Å². The smallest absolute Gasteiger partial charge is 0.259 e. The maximum absolute atomic E-state index is 12.3. The summed E-state index contributed by atoms with van der Waals surface area (Å²) in [6, 6.07) is 0.110. The number of nitrogens with one attached hydrogen (secondary N) is 1. The molecule has 3 rings (SSSR count). The van der Waals surface area contributed by atoms with Gasteiger partial charge in [-0.1, -0.05) is 0 Å². The predicted octanol–water partition coefficient (Wildman–Crippen LogP) is 1.99. The number of aryl methyl sites for hydroxylation is 2. The third-order valence-electron chi connectivity index (χ3n) is 4.05. The number of thiophene rings is 1. The van der Waals surface area contributed by atoms with E-state index >= 15 is 0 Å². The highest BCUT2D eigenvalue weighted by molar-refractivity contribution is 7.18. The summed E-state index contributed by atoms with van der Waals surface area (Å²) in [7, 11) is 0. The molecule has 1 aliphatic heterocycles. The number of hydrogen-bond donors (Lipinski definition) is 1. The summed E-state index contributed by atoms with van der Waals surface area (Å²) in [5.41, 5.74) is 1.02. The van der Waals surface area contributed by atoms with Gasteiger partial charge in [-0.25, -0.2) is 4.98 Å². The minimum absolute atomic E-state index is 0.0213. The second kappa shape index (κ2) is 5.27. The van der Waals surface area contributed by atoms with Gasteiger partial charge in [0, 0.05) is 18.0 Å².